The van der Waals surface area contributed by atoms with Crippen molar-refractivity contribution in [2.75, 3.05) is 47.0 Å². The minimum atomic E-state index is -0.328. The van der Waals surface area contributed by atoms with Gasteiger partial charge in [-0.3, -0.25) is 4.79 Å². The van der Waals surface area contributed by atoms with Crippen molar-refractivity contribution in [2.45, 2.75) is 6.10 Å². The number of methoxy groups -OCH3 is 1. The van der Waals surface area contributed by atoms with Crippen molar-refractivity contribution in [1.29, 1.82) is 0 Å². The molecule has 1 aliphatic heterocycles. The SMILES string of the molecule is COCCN(C)C(=O)[C@@H]1CNCCO1. The van der Waals surface area contributed by atoms with Crippen LogP contribution in [0.5, 0.6) is 0 Å². The maximum Gasteiger partial charge on any atom is 0.252 e. The molecule has 1 amide bonds. The lowest BCUT2D eigenvalue weighted by Gasteiger charge is -2.27. The van der Waals surface area contributed by atoms with Crippen LogP contribution >= 0.6 is 0 Å². The van der Waals surface area contributed by atoms with Crippen molar-refractivity contribution in [3.8, 4) is 0 Å². The molecule has 0 aromatic heterocycles. The number of nitrogens with zero attached hydrogens (tertiary/aromatic N) is 1. The minimum absolute atomic E-state index is 0.0225. The van der Waals surface area contributed by atoms with Crippen LogP contribution < -0.4 is 5.32 Å². The lowest BCUT2D eigenvalue weighted by atomic mass is 10.2. The Morgan fingerprint density at radius 3 is 3.07 bits per heavy atom. The maximum absolute atomic E-state index is 11.7. The molecular formula is C9H18N2O3. The van der Waals surface area contributed by atoms with Crippen LogP contribution in [0.15, 0.2) is 0 Å². The van der Waals surface area contributed by atoms with Crippen LogP contribution in [0, 0.1) is 0 Å². The van der Waals surface area contributed by atoms with E-state index in [0.29, 0.717) is 26.3 Å². The van der Waals surface area contributed by atoms with Gasteiger partial charge in [-0.15, -0.1) is 0 Å². The molecule has 0 aromatic rings. The number of carbonyl (C=O) groups excluding carboxylic acids is 1. The summed E-state index contributed by atoms with van der Waals surface area (Å²) < 4.78 is 10.2. The second-order valence-electron chi connectivity index (χ2n) is 3.32. The van der Waals surface area contributed by atoms with Crippen LogP contribution in [-0.4, -0.2) is 63.9 Å². The first-order chi connectivity index (χ1) is 6.75. The molecule has 14 heavy (non-hydrogen) atoms. The summed E-state index contributed by atoms with van der Waals surface area (Å²) in [4.78, 5) is 13.3. The lowest BCUT2D eigenvalue weighted by molar-refractivity contribution is -0.144. The fourth-order valence-electron chi connectivity index (χ4n) is 1.31. The number of amides is 1. The van der Waals surface area contributed by atoms with E-state index in [4.69, 9.17) is 9.47 Å². The van der Waals surface area contributed by atoms with Crippen LogP contribution in [0.1, 0.15) is 0 Å². The number of ether oxygens (including phenoxy) is 2. The molecule has 1 fully saturated rings. The second-order valence-corrected chi connectivity index (χ2v) is 3.32. The van der Waals surface area contributed by atoms with Gasteiger partial charge in [0.2, 0.25) is 0 Å². The number of morpholine rings is 1. The Hall–Kier alpha value is -0.650. The molecule has 0 unspecified atom stereocenters. The molecule has 1 N–H and O–H groups in total. The van der Waals surface area contributed by atoms with Gasteiger partial charge >= 0.3 is 0 Å². The van der Waals surface area contributed by atoms with Crippen molar-refractivity contribution < 1.29 is 14.3 Å². The molecule has 5 heteroatoms. The molecule has 0 spiro atoms. The molecule has 0 aliphatic carbocycles. The van der Waals surface area contributed by atoms with Gasteiger partial charge < -0.3 is 19.7 Å². The van der Waals surface area contributed by atoms with Gasteiger partial charge in [-0.05, 0) is 0 Å². The van der Waals surface area contributed by atoms with Gasteiger partial charge in [-0.1, -0.05) is 0 Å². The highest BCUT2D eigenvalue weighted by molar-refractivity contribution is 5.81. The first-order valence-corrected chi connectivity index (χ1v) is 4.82. The third kappa shape index (κ3) is 3.25. The molecule has 1 saturated heterocycles. The van der Waals surface area contributed by atoms with Crippen molar-refractivity contribution in [1.82, 2.24) is 10.2 Å². The molecule has 1 aliphatic rings. The zero-order valence-electron chi connectivity index (χ0n) is 8.78. The van der Waals surface area contributed by atoms with Gasteiger partial charge in [0.25, 0.3) is 5.91 Å². The summed E-state index contributed by atoms with van der Waals surface area (Å²) in [5, 5.41) is 3.12. The van der Waals surface area contributed by atoms with E-state index in [9.17, 15) is 4.79 Å². The maximum atomic E-state index is 11.7. The first-order valence-electron chi connectivity index (χ1n) is 4.82. The number of carbonyl (C=O) groups is 1. The standard InChI is InChI=1S/C9H18N2O3/c1-11(4-6-13-2)9(12)8-7-10-3-5-14-8/h8,10H,3-7H2,1-2H3/t8-/m0/s1. The fraction of sp³-hybridized carbons (Fsp3) is 0.889. The average Bonchev–Trinajstić information content (AvgIpc) is 2.26. The van der Waals surface area contributed by atoms with Gasteiger partial charge in [0.15, 0.2) is 0 Å². The predicted molar refractivity (Wildman–Crippen MR) is 52.1 cm³/mol. The first kappa shape index (κ1) is 11.4. The predicted octanol–water partition coefficient (Wildman–Crippen LogP) is -0.920. The average molecular weight is 202 g/mol. The lowest BCUT2D eigenvalue weighted by Crippen LogP contribution is -2.48. The minimum Gasteiger partial charge on any atom is -0.383 e. The Kier molecular flexibility index (Phi) is 4.86. The summed E-state index contributed by atoms with van der Waals surface area (Å²) in [6.07, 6.45) is -0.328. The summed E-state index contributed by atoms with van der Waals surface area (Å²) in [5.74, 6) is 0.0225. The molecule has 0 saturated carbocycles. The van der Waals surface area contributed by atoms with Crippen molar-refractivity contribution >= 4 is 5.91 Å². The molecule has 5 nitrogen and oxygen atoms in total. The van der Waals surface area contributed by atoms with Crippen LogP contribution in [0.4, 0.5) is 0 Å². The topological polar surface area (TPSA) is 50.8 Å². The van der Waals surface area contributed by atoms with Gasteiger partial charge in [0.1, 0.15) is 6.10 Å². The third-order valence-corrected chi connectivity index (χ3v) is 2.21. The quantitative estimate of drug-likeness (QED) is 0.640. The molecule has 82 valence electrons. The van der Waals surface area contributed by atoms with E-state index >= 15 is 0 Å². The molecule has 1 rings (SSSR count). The van der Waals surface area contributed by atoms with Gasteiger partial charge in [0.05, 0.1) is 13.2 Å². The number of hydrogen-bond acceptors (Lipinski definition) is 4. The summed E-state index contributed by atoms with van der Waals surface area (Å²) in [6.45, 7) is 3.20. The van der Waals surface area contributed by atoms with E-state index in [1.807, 2.05) is 0 Å². The summed E-state index contributed by atoms with van der Waals surface area (Å²) >= 11 is 0. The third-order valence-electron chi connectivity index (χ3n) is 2.21. The summed E-state index contributed by atoms with van der Waals surface area (Å²) in [6, 6.07) is 0. The molecule has 0 aromatic carbocycles. The van der Waals surface area contributed by atoms with Gasteiger partial charge in [0, 0.05) is 33.8 Å². The zero-order chi connectivity index (χ0) is 10.4. The Labute approximate surface area is 84.4 Å². The van der Waals surface area contributed by atoms with Crippen LogP contribution in [0.25, 0.3) is 0 Å². The Bertz CT molecular complexity index is 181. The van der Waals surface area contributed by atoms with Gasteiger partial charge in [-0.2, -0.15) is 0 Å². The Morgan fingerprint density at radius 1 is 1.71 bits per heavy atom. The van der Waals surface area contributed by atoms with Crippen molar-refractivity contribution in [2.24, 2.45) is 0 Å². The van der Waals surface area contributed by atoms with Crippen LogP contribution in [0.2, 0.25) is 0 Å². The number of nitrogens with one attached hydrogen (secondary N) is 1. The normalized spacial score (nSPS) is 22.0. The highest BCUT2D eigenvalue weighted by Crippen LogP contribution is 2.00. The largest absolute Gasteiger partial charge is 0.383 e. The zero-order valence-corrected chi connectivity index (χ0v) is 8.78. The van der Waals surface area contributed by atoms with Crippen molar-refractivity contribution in [3.05, 3.63) is 0 Å². The number of hydrogen-bond donors (Lipinski definition) is 1. The highest BCUT2D eigenvalue weighted by Gasteiger charge is 2.24. The Balaban J connectivity index is 2.30. The van der Waals surface area contributed by atoms with Crippen LogP contribution in [-0.2, 0) is 14.3 Å². The smallest absolute Gasteiger partial charge is 0.252 e. The molecule has 1 atom stereocenters. The summed E-state index contributed by atoms with van der Waals surface area (Å²) in [7, 11) is 3.39. The second kappa shape index (κ2) is 5.95. The van der Waals surface area contributed by atoms with E-state index < -0.39 is 0 Å². The molecule has 0 bridgehead atoms. The van der Waals surface area contributed by atoms with E-state index in [2.05, 4.69) is 5.32 Å². The number of rotatable bonds is 4. The van der Waals surface area contributed by atoms with Crippen molar-refractivity contribution in [3.63, 3.8) is 0 Å². The molecule has 0 radical (unpaired) electrons. The monoisotopic (exact) mass is 202 g/mol. The van der Waals surface area contributed by atoms with Gasteiger partial charge in [-0.25, -0.2) is 0 Å². The van der Waals surface area contributed by atoms with E-state index in [1.54, 1.807) is 19.1 Å². The number of likely N-dealkylation sites (N-methyl/N-ethyl adjacent to an activating group) is 1. The Morgan fingerprint density at radius 2 is 2.50 bits per heavy atom. The highest BCUT2D eigenvalue weighted by atomic mass is 16.5. The molecule has 1 heterocycles. The summed E-state index contributed by atoms with van der Waals surface area (Å²) in [5.41, 5.74) is 0. The molecular weight excluding hydrogens is 184 g/mol. The van der Waals surface area contributed by atoms with Crippen LogP contribution in [0.3, 0.4) is 0 Å². The van der Waals surface area contributed by atoms with E-state index in [-0.39, 0.29) is 12.0 Å². The van der Waals surface area contributed by atoms with E-state index in [1.165, 1.54) is 0 Å². The fourth-order valence-corrected chi connectivity index (χ4v) is 1.31. The van der Waals surface area contributed by atoms with E-state index in [0.717, 1.165) is 6.54 Å².